The van der Waals surface area contributed by atoms with Crippen molar-refractivity contribution in [3.63, 3.8) is 0 Å². The number of benzene rings is 1. The fourth-order valence-corrected chi connectivity index (χ4v) is 3.79. The molecule has 0 radical (unpaired) electrons. The van der Waals surface area contributed by atoms with Gasteiger partial charge < -0.3 is 10.2 Å². The van der Waals surface area contributed by atoms with E-state index in [0.717, 1.165) is 31.2 Å². The Labute approximate surface area is 125 Å². The highest BCUT2D eigenvalue weighted by molar-refractivity contribution is 14.1. The number of hydrogen-bond donors (Lipinski definition) is 1. The number of nitro benzene ring substituents is 1. The molecule has 2 fully saturated rings. The molecule has 5 nitrogen and oxygen atoms in total. The Morgan fingerprint density at radius 3 is 2.95 bits per heavy atom. The van der Waals surface area contributed by atoms with Gasteiger partial charge in [0, 0.05) is 30.9 Å². The van der Waals surface area contributed by atoms with Gasteiger partial charge in [-0.25, -0.2) is 0 Å². The van der Waals surface area contributed by atoms with Crippen molar-refractivity contribution in [2.24, 2.45) is 5.92 Å². The van der Waals surface area contributed by atoms with E-state index in [1.807, 2.05) is 34.7 Å². The second-order valence-electron chi connectivity index (χ2n) is 5.26. The highest BCUT2D eigenvalue weighted by Gasteiger charge is 2.34. The molecule has 0 saturated carbocycles. The highest BCUT2D eigenvalue weighted by Crippen LogP contribution is 2.32. The molecule has 0 amide bonds. The first-order chi connectivity index (χ1) is 9.15. The monoisotopic (exact) mass is 373 g/mol. The van der Waals surface area contributed by atoms with Crippen LogP contribution < -0.4 is 10.2 Å². The molecule has 2 saturated heterocycles. The quantitative estimate of drug-likeness (QED) is 0.492. The standard InChI is InChI=1S/C13H16IN3O2/c14-11-6-10(3-4-13(11)17(18)19)16-7-9-2-1-5-15-12(9)8-16/h3-4,6,9,12,15H,1-2,5,7-8H2/t9-,12+/m0/s1. The molecule has 0 spiro atoms. The van der Waals surface area contributed by atoms with Crippen LogP contribution in [0.1, 0.15) is 12.8 Å². The Bertz CT molecular complexity index is 495. The second-order valence-corrected chi connectivity index (χ2v) is 6.42. The molecule has 6 heteroatoms. The summed E-state index contributed by atoms with van der Waals surface area (Å²) < 4.78 is 0.711. The van der Waals surface area contributed by atoms with E-state index in [-0.39, 0.29) is 10.6 Å². The maximum absolute atomic E-state index is 10.8. The van der Waals surface area contributed by atoms with Gasteiger partial charge >= 0.3 is 0 Å². The third-order valence-corrected chi connectivity index (χ3v) is 4.96. The summed E-state index contributed by atoms with van der Waals surface area (Å²) in [7, 11) is 0. The molecule has 0 unspecified atom stereocenters. The molecule has 1 N–H and O–H groups in total. The topological polar surface area (TPSA) is 58.4 Å². The van der Waals surface area contributed by atoms with Crippen LogP contribution in [-0.4, -0.2) is 30.6 Å². The molecule has 2 atom stereocenters. The SMILES string of the molecule is O=[N+]([O-])c1ccc(N2C[C@@H]3CCCN[C@@H]3C2)cc1I. The van der Waals surface area contributed by atoms with Gasteiger partial charge in [-0.3, -0.25) is 10.1 Å². The molecule has 2 aliphatic rings. The van der Waals surface area contributed by atoms with Gasteiger partial charge in [-0.15, -0.1) is 0 Å². The van der Waals surface area contributed by atoms with E-state index in [0.29, 0.717) is 9.61 Å². The normalized spacial score (nSPS) is 26.3. The number of nitro groups is 1. The molecule has 0 aromatic heterocycles. The summed E-state index contributed by atoms with van der Waals surface area (Å²) in [5.41, 5.74) is 1.30. The molecular formula is C13H16IN3O2. The Morgan fingerprint density at radius 2 is 2.26 bits per heavy atom. The number of anilines is 1. The molecule has 102 valence electrons. The number of piperidine rings is 1. The molecular weight excluding hydrogens is 357 g/mol. The Kier molecular flexibility index (Phi) is 3.62. The van der Waals surface area contributed by atoms with Crippen LogP contribution in [-0.2, 0) is 0 Å². The average molecular weight is 373 g/mol. The van der Waals surface area contributed by atoms with Gasteiger partial charge in [0.2, 0.25) is 0 Å². The van der Waals surface area contributed by atoms with Crippen LogP contribution in [0.3, 0.4) is 0 Å². The first-order valence-electron chi connectivity index (χ1n) is 6.57. The number of nitrogens with zero attached hydrogens (tertiary/aromatic N) is 2. The van der Waals surface area contributed by atoms with Crippen molar-refractivity contribution >= 4 is 34.0 Å². The second kappa shape index (κ2) is 5.24. The van der Waals surface area contributed by atoms with Gasteiger partial charge in [-0.05, 0) is 60.0 Å². The maximum Gasteiger partial charge on any atom is 0.282 e. The van der Waals surface area contributed by atoms with E-state index in [1.165, 1.54) is 12.8 Å². The van der Waals surface area contributed by atoms with Gasteiger partial charge in [0.15, 0.2) is 0 Å². The zero-order chi connectivity index (χ0) is 13.4. The molecule has 0 aliphatic carbocycles. The largest absolute Gasteiger partial charge is 0.370 e. The summed E-state index contributed by atoms with van der Waals surface area (Å²) in [6, 6.07) is 6.00. The predicted octanol–water partition coefficient (Wildman–Crippen LogP) is 2.39. The van der Waals surface area contributed by atoms with E-state index in [1.54, 1.807) is 6.07 Å². The van der Waals surface area contributed by atoms with Crippen molar-refractivity contribution in [3.05, 3.63) is 31.9 Å². The highest BCUT2D eigenvalue weighted by atomic mass is 127. The van der Waals surface area contributed by atoms with E-state index >= 15 is 0 Å². The van der Waals surface area contributed by atoms with Crippen LogP contribution in [0.5, 0.6) is 0 Å². The van der Waals surface area contributed by atoms with Crippen LogP contribution in [0.2, 0.25) is 0 Å². The van der Waals surface area contributed by atoms with E-state index < -0.39 is 0 Å². The number of nitrogens with one attached hydrogen (secondary N) is 1. The average Bonchev–Trinajstić information content (AvgIpc) is 2.81. The lowest BCUT2D eigenvalue weighted by Gasteiger charge is -2.24. The number of fused-ring (bicyclic) bond motifs is 1. The molecule has 0 bridgehead atoms. The van der Waals surface area contributed by atoms with Crippen molar-refractivity contribution in [1.29, 1.82) is 0 Å². The van der Waals surface area contributed by atoms with Gasteiger partial charge in [0.05, 0.1) is 8.49 Å². The van der Waals surface area contributed by atoms with Crippen LogP contribution in [0, 0.1) is 19.6 Å². The number of rotatable bonds is 2. The molecule has 19 heavy (non-hydrogen) atoms. The summed E-state index contributed by atoms with van der Waals surface area (Å²) >= 11 is 2.05. The zero-order valence-electron chi connectivity index (χ0n) is 10.5. The summed E-state index contributed by atoms with van der Waals surface area (Å²) in [6.45, 7) is 3.19. The van der Waals surface area contributed by atoms with E-state index in [9.17, 15) is 10.1 Å². The third kappa shape index (κ3) is 2.55. The van der Waals surface area contributed by atoms with Crippen molar-refractivity contribution < 1.29 is 4.92 Å². The number of halogens is 1. The van der Waals surface area contributed by atoms with Crippen molar-refractivity contribution in [2.75, 3.05) is 24.5 Å². The summed E-state index contributed by atoms with van der Waals surface area (Å²) in [6.07, 6.45) is 2.55. The molecule has 3 rings (SSSR count). The lowest BCUT2D eigenvalue weighted by Crippen LogP contribution is -2.40. The van der Waals surface area contributed by atoms with Crippen molar-refractivity contribution in [1.82, 2.24) is 5.32 Å². The fraction of sp³-hybridized carbons (Fsp3) is 0.538. The minimum atomic E-state index is -0.323. The minimum Gasteiger partial charge on any atom is -0.370 e. The Balaban J connectivity index is 1.80. The maximum atomic E-state index is 10.8. The Morgan fingerprint density at radius 1 is 1.42 bits per heavy atom. The van der Waals surface area contributed by atoms with Crippen LogP contribution in [0.25, 0.3) is 0 Å². The van der Waals surface area contributed by atoms with Gasteiger partial charge in [-0.1, -0.05) is 0 Å². The van der Waals surface area contributed by atoms with Crippen LogP contribution in [0.15, 0.2) is 18.2 Å². The fourth-order valence-electron chi connectivity index (χ4n) is 3.10. The smallest absolute Gasteiger partial charge is 0.282 e. The van der Waals surface area contributed by atoms with Gasteiger partial charge in [0.1, 0.15) is 0 Å². The zero-order valence-corrected chi connectivity index (χ0v) is 12.7. The van der Waals surface area contributed by atoms with Gasteiger partial charge in [-0.2, -0.15) is 0 Å². The summed E-state index contributed by atoms with van der Waals surface area (Å²) in [5.74, 6) is 0.724. The van der Waals surface area contributed by atoms with Crippen molar-refractivity contribution in [3.8, 4) is 0 Å². The molecule has 1 aromatic carbocycles. The summed E-state index contributed by atoms with van der Waals surface area (Å²) in [5, 5.41) is 14.4. The molecule has 2 aliphatic heterocycles. The van der Waals surface area contributed by atoms with Crippen molar-refractivity contribution in [2.45, 2.75) is 18.9 Å². The first kappa shape index (κ1) is 13.1. The lowest BCUT2D eigenvalue weighted by atomic mass is 9.94. The summed E-state index contributed by atoms with van der Waals surface area (Å²) in [4.78, 5) is 12.9. The first-order valence-corrected chi connectivity index (χ1v) is 7.65. The third-order valence-electron chi connectivity index (χ3n) is 4.09. The minimum absolute atomic E-state index is 0.194. The van der Waals surface area contributed by atoms with Gasteiger partial charge in [0.25, 0.3) is 5.69 Å². The predicted molar refractivity (Wildman–Crippen MR) is 82.5 cm³/mol. The van der Waals surface area contributed by atoms with E-state index in [4.69, 9.17) is 0 Å². The van der Waals surface area contributed by atoms with E-state index in [2.05, 4.69) is 10.2 Å². The Hall–Kier alpha value is -0.890. The lowest BCUT2D eigenvalue weighted by molar-refractivity contribution is -0.385. The van der Waals surface area contributed by atoms with Crippen LogP contribution in [0.4, 0.5) is 11.4 Å². The number of hydrogen-bond acceptors (Lipinski definition) is 4. The molecule has 2 heterocycles. The van der Waals surface area contributed by atoms with Crippen LogP contribution >= 0.6 is 22.6 Å². The molecule has 1 aromatic rings.